The normalized spacial score (nSPS) is 14.3. The standard InChI is InChI=1S/C22H29N3O5/c1-4-27-18-14-16(15-19(28-5-2)20(18)29-6-3)21(26)25-12-8-17(9-13-25)30-22-23-10-7-11-24-22/h7,10-11,14-15,17H,4-6,8-9,12-13H2,1-3H3. The van der Waals surface area contributed by atoms with E-state index >= 15 is 0 Å². The summed E-state index contributed by atoms with van der Waals surface area (Å²) in [5.74, 6) is 1.52. The number of ether oxygens (including phenoxy) is 4. The Balaban J connectivity index is 1.71. The molecule has 8 heteroatoms. The molecule has 8 nitrogen and oxygen atoms in total. The van der Waals surface area contributed by atoms with Gasteiger partial charge in [-0.25, -0.2) is 9.97 Å². The first-order valence-electron chi connectivity index (χ1n) is 10.5. The van der Waals surface area contributed by atoms with Crippen LogP contribution in [0, 0.1) is 0 Å². The van der Waals surface area contributed by atoms with Crippen molar-refractivity contribution >= 4 is 5.91 Å². The summed E-state index contributed by atoms with van der Waals surface area (Å²) in [5.41, 5.74) is 0.524. The Morgan fingerprint density at radius 1 is 0.967 bits per heavy atom. The van der Waals surface area contributed by atoms with E-state index in [-0.39, 0.29) is 12.0 Å². The van der Waals surface area contributed by atoms with Crippen molar-refractivity contribution in [1.82, 2.24) is 14.9 Å². The zero-order valence-electron chi connectivity index (χ0n) is 17.8. The SMILES string of the molecule is CCOc1cc(C(=O)N2CCC(Oc3ncccn3)CC2)cc(OCC)c1OCC. The van der Waals surface area contributed by atoms with Gasteiger partial charge in [-0.1, -0.05) is 0 Å². The van der Waals surface area contributed by atoms with Crippen molar-refractivity contribution in [3.63, 3.8) is 0 Å². The van der Waals surface area contributed by atoms with E-state index in [1.807, 2.05) is 25.7 Å². The van der Waals surface area contributed by atoms with Crippen LogP contribution >= 0.6 is 0 Å². The van der Waals surface area contributed by atoms with E-state index in [4.69, 9.17) is 18.9 Å². The molecule has 0 saturated carbocycles. The van der Waals surface area contributed by atoms with Gasteiger partial charge in [-0.05, 0) is 39.0 Å². The van der Waals surface area contributed by atoms with Gasteiger partial charge in [0.15, 0.2) is 11.5 Å². The Morgan fingerprint density at radius 2 is 1.53 bits per heavy atom. The number of nitrogens with zero attached hydrogens (tertiary/aromatic N) is 3. The molecule has 0 spiro atoms. The second kappa shape index (κ2) is 10.7. The van der Waals surface area contributed by atoms with Crippen LogP contribution in [0.4, 0.5) is 0 Å². The van der Waals surface area contributed by atoms with Crippen LogP contribution < -0.4 is 18.9 Å². The number of rotatable bonds is 9. The van der Waals surface area contributed by atoms with E-state index in [0.717, 1.165) is 12.8 Å². The molecule has 2 heterocycles. The first kappa shape index (κ1) is 21.7. The zero-order valence-corrected chi connectivity index (χ0v) is 17.8. The average molecular weight is 415 g/mol. The lowest BCUT2D eigenvalue weighted by Gasteiger charge is -2.32. The highest BCUT2D eigenvalue weighted by molar-refractivity contribution is 5.95. The topological polar surface area (TPSA) is 83.0 Å². The van der Waals surface area contributed by atoms with Gasteiger partial charge in [0.25, 0.3) is 5.91 Å². The largest absolute Gasteiger partial charge is 0.490 e. The molecule has 1 saturated heterocycles. The number of hydrogen-bond donors (Lipinski definition) is 0. The molecule has 3 rings (SSSR count). The molecule has 0 aliphatic carbocycles. The minimum absolute atomic E-state index is 0.00486. The molecule has 1 amide bonds. The lowest BCUT2D eigenvalue weighted by Crippen LogP contribution is -2.42. The van der Waals surface area contributed by atoms with Crippen LogP contribution in [-0.4, -0.2) is 59.8 Å². The van der Waals surface area contributed by atoms with Gasteiger partial charge in [-0.2, -0.15) is 0 Å². The van der Waals surface area contributed by atoms with Crippen LogP contribution in [0.1, 0.15) is 44.0 Å². The first-order valence-corrected chi connectivity index (χ1v) is 10.5. The monoisotopic (exact) mass is 415 g/mol. The Bertz CT molecular complexity index is 796. The molecule has 0 bridgehead atoms. The molecule has 1 aliphatic rings. The molecule has 0 atom stereocenters. The summed E-state index contributed by atoms with van der Waals surface area (Å²) >= 11 is 0. The molecule has 30 heavy (non-hydrogen) atoms. The van der Waals surface area contributed by atoms with Crippen LogP contribution in [0.15, 0.2) is 30.6 Å². The van der Waals surface area contributed by atoms with Crippen molar-refractivity contribution in [3.8, 4) is 23.3 Å². The fraction of sp³-hybridized carbons (Fsp3) is 0.500. The van der Waals surface area contributed by atoms with Crippen molar-refractivity contribution in [2.24, 2.45) is 0 Å². The molecule has 1 aliphatic heterocycles. The van der Waals surface area contributed by atoms with E-state index in [1.165, 1.54) is 0 Å². The lowest BCUT2D eigenvalue weighted by molar-refractivity contribution is 0.0577. The summed E-state index contributed by atoms with van der Waals surface area (Å²) in [7, 11) is 0. The van der Waals surface area contributed by atoms with Crippen LogP contribution in [0.2, 0.25) is 0 Å². The van der Waals surface area contributed by atoms with Crippen LogP contribution in [0.25, 0.3) is 0 Å². The molecule has 1 aromatic heterocycles. The Morgan fingerprint density at radius 3 is 2.07 bits per heavy atom. The quantitative estimate of drug-likeness (QED) is 0.621. The third-order valence-corrected chi connectivity index (χ3v) is 4.70. The van der Waals surface area contributed by atoms with Crippen LogP contribution in [-0.2, 0) is 0 Å². The number of carbonyl (C=O) groups is 1. The number of aromatic nitrogens is 2. The van der Waals surface area contributed by atoms with Crippen molar-refractivity contribution in [2.75, 3.05) is 32.9 Å². The minimum Gasteiger partial charge on any atom is -0.490 e. The Hall–Kier alpha value is -3.03. The van der Waals surface area contributed by atoms with Gasteiger partial charge in [0.05, 0.1) is 19.8 Å². The number of carbonyl (C=O) groups excluding carboxylic acids is 1. The highest BCUT2D eigenvalue weighted by Gasteiger charge is 2.27. The molecule has 1 aromatic carbocycles. The Labute approximate surface area is 177 Å². The van der Waals surface area contributed by atoms with Crippen LogP contribution in [0.5, 0.6) is 23.3 Å². The molecule has 1 fully saturated rings. The van der Waals surface area contributed by atoms with Gasteiger partial charge < -0.3 is 23.8 Å². The molecular formula is C22H29N3O5. The van der Waals surface area contributed by atoms with E-state index < -0.39 is 0 Å². The van der Waals surface area contributed by atoms with Gasteiger partial charge in [0.2, 0.25) is 5.75 Å². The number of hydrogen-bond acceptors (Lipinski definition) is 7. The molecule has 0 N–H and O–H groups in total. The fourth-order valence-electron chi connectivity index (χ4n) is 3.37. The number of benzene rings is 1. The highest BCUT2D eigenvalue weighted by atomic mass is 16.5. The van der Waals surface area contributed by atoms with E-state index in [0.29, 0.717) is 61.7 Å². The summed E-state index contributed by atoms with van der Waals surface area (Å²) in [6, 6.07) is 5.59. The summed E-state index contributed by atoms with van der Waals surface area (Å²) in [4.78, 5) is 23.2. The van der Waals surface area contributed by atoms with E-state index in [1.54, 1.807) is 30.6 Å². The molecule has 162 valence electrons. The first-order chi connectivity index (χ1) is 14.7. The van der Waals surface area contributed by atoms with Crippen molar-refractivity contribution in [2.45, 2.75) is 39.7 Å². The summed E-state index contributed by atoms with van der Waals surface area (Å²) in [6.07, 6.45) is 4.74. The van der Waals surface area contributed by atoms with Crippen LogP contribution in [0.3, 0.4) is 0 Å². The second-order valence-corrected chi connectivity index (χ2v) is 6.74. The van der Waals surface area contributed by atoms with E-state index in [2.05, 4.69) is 9.97 Å². The van der Waals surface area contributed by atoms with Gasteiger partial charge in [-0.15, -0.1) is 0 Å². The molecule has 0 unspecified atom stereocenters. The summed E-state index contributed by atoms with van der Waals surface area (Å²) in [6.45, 7) is 8.29. The highest BCUT2D eigenvalue weighted by Crippen LogP contribution is 2.39. The predicted molar refractivity (Wildman–Crippen MR) is 112 cm³/mol. The summed E-state index contributed by atoms with van der Waals surface area (Å²) in [5, 5.41) is 0. The van der Waals surface area contributed by atoms with E-state index in [9.17, 15) is 4.79 Å². The van der Waals surface area contributed by atoms with Crippen molar-refractivity contribution in [1.29, 1.82) is 0 Å². The second-order valence-electron chi connectivity index (χ2n) is 6.74. The smallest absolute Gasteiger partial charge is 0.316 e. The average Bonchev–Trinajstić information content (AvgIpc) is 2.77. The Kier molecular flexibility index (Phi) is 7.70. The maximum absolute atomic E-state index is 13.2. The molecular weight excluding hydrogens is 386 g/mol. The molecule has 2 aromatic rings. The van der Waals surface area contributed by atoms with Gasteiger partial charge in [-0.3, -0.25) is 4.79 Å². The number of piperidine rings is 1. The number of likely N-dealkylation sites (tertiary alicyclic amines) is 1. The third kappa shape index (κ3) is 5.31. The zero-order chi connectivity index (χ0) is 21.3. The predicted octanol–water partition coefficient (Wildman–Crippen LogP) is 3.36. The minimum atomic E-state index is -0.0608. The van der Waals surface area contributed by atoms with Gasteiger partial charge in [0.1, 0.15) is 6.10 Å². The maximum atomic E-state index is 13.2. The maximum Gasteiger partial charge on any atom is 0.316 e. The summed E-state index contributed by atoms with van der Waals surface area (Å²) < 4.78 is 23.0. The third-order valence-electron chi connectivity index (χ3n) is 4.70. The van der Waals surface area contributed by atoms with Crippen molar-refractivity contribution in [3.05, 3.63) is 36.2 Å². The van der Waals surface area contributed by atoms with Gasteiger partial charge >= 0.3 is 6.01 Å². The molecule has 0 radical (unpaired) electrons. The lowest BCUT2D eigenvalue weighted by atomic mass is 10.1. The van der Waals surface area contributed by atoms with Crippen molar-refractivity contribution < 1.29 is 23.7 Å². The fourth-order valence-corrected chi connectivity index (χ4v) is 3.37. The number of amides is 1. The van der Waals surface area contributed by atoms with Gasteiger partial charge in [0, 0.05) is 43.9 Å².